The molecule has 2 aliphatic rings. The predicted molar refractivity (Wildman–Crippen MR) is 150 cm³/mol. The van der Waals surface area contributed by atoms with Gasteiger partial charge in [-0.25, -0.2) is 0 Å². The quantitative estimate of drug-likeness (QED) is 0.0728. The van der Waals surface area contributed by atoms with Crippen LogP contribution in [0.4, 0.5) is 0 Å². The Morgan fingerprint density at radius 3 is 1.30 bits per heavy atom. The number of aliphatic hydroxyl groups excluding tert-OH is 6. The van der Waals surface area contributed by atoms with E-state index in [4.69, 9.17) is 32.4 Å². The fraction of sp³-hybridized carbons (Fsp3) is 1.00. The zero-order valence-corrected chi connectivity index (χ0v) is 24.1. The van der Waals surface area contributed by atoms with Crippen LogP contribution < -0.4 is 22.9 Å². The van der Waals surface area contributed by atoms with E-state index in [1.54, 1.807) is 0 Å². The summed E-state index contributed by atoms with van der Waals surface area (Å²) in [6.07, 6.45) is -2.90. The van der Waals surface area contributed by atoms with Crippen LogP contribution in [0.15, 0.2) is 0 Å². The lowest BCUT2D eigenvalue weighted by atomic mass is 9.85. The zero-order valence-electron chi connectivity index (χ0n) is 24.1. The van der Waals surface area contributed by atoms with Crippen LogP contribution in [0, 0.1) is 0 Å². The lowest BCUT2D eigenvalue weighted by molar-refractivity contribution is -0.139. The third-order valence-corrected chi connectivity index (χ3v) is 8.02. The molecule has 0 radical (unpaired) electrons. The standard InChI is InChI=1S/C26H56N6O8/c1-31(11-15(33)13-39-25-19(29)9-17(27)21(35)23(25)37)7-5-3-4-6-8-32(2)12-16(34)14-40-26-20(30)10-18(28)22(36)24(26)38/h15-26,33-38H,3-14,27-30H2,1-2H3/t15?,16?,17-,18-,19+,20+,21+,22+,23-,24-,25-,26-/m1/s1. The van der Waals surface area contributed by atoms with Gasteiger partial charge in [-0.3, -0.25) is 0 Å². The topological polar surface area (TPSA) is 250 Å². The summed E-state index contributed by atoms with van der Waals surface area (Å²) in [5.74, 6) is 0. The van der Waals surface area contributed by atoms with Crippen LogP contribution in [-0.4, -0.2) is 167 Å². The number of ether oxygens (including phenoxy) is 2. The molecule has 14 N–H and O–H groups in total. The van der Waals surface area contributed by atoms with Crippen molar-refractivity contribution in [2.24, 2.45) is 22.9 Å². The molecule has 2 fully saturated rings. The van der Waals surface area contributed by atoms with Gasteiger partial charge in [0.1, 0.15) is 24.4 Å². The summed E-state index contributed by atoms with van der Waals surface area (Å²) in [6, 6.07) is -2.19. The maximum Gasteiger partial charge on any atom is 0.109 e. The van der Waals surface area contributed by atoms with Crippen molar-refractivity contribution in [3.8, 4) is 0 Å². The van der Waals surface area contributed by atoms with E-state index in [1.165, 1.54) is 0 Å². The van der Waals surface area contributed by atoms with Crippen molar-refractivity contribution in [3.63, 3.8) is 0 Å². The Labute approximate surface area is 238 Å². The Hall–Kier alpha value is -0.560. The number of hydrogen-bond acceptors (Lipinski definition) is 14. The molecule has 2 aliphatic carbocycles. The van der Waals surface area contributed by atoms with E-state index in [0.29, 0.717) is 25.9 Å². The van der Waals surface area contributed by atoms with Crippen molar-refractivity contribution in [2.75, 3.05) is 53.5 Å². The first kappa shape index (κ1) is 35.6. The minimum Gasteiger partial charge on any atom is -0.389 e. The molecule has 0 aliphatic heterocycles. The molecule has 0 bridgehead atoms. The Kier molecular flexibility index (Phi) is 15.6. The molecule has 0 aromatic rings. The van der Waals surface area contributed by atoms with Gasteiger partial charge in [-0.2, -0.15) is 0 Å². The van der Waals surface area contributed by atoms with E-state index in [1.807, 2.05) is 23.9 Å². The highest BCUT2D eigenvalue weighted by Crippen LogP contribution is 2.22. The minimum atomic E-state index is -1.18. The first-order valence-electron chi connectivity index (χ1n) is 14.5. The normalized spacial score (nSPS) is 36.8. The number of likely N-dealkylation sites (N-methyl/N-ethyl adjacent to an activating group) is 2. The summed E-state index contributed by atoms with van der Waals surface area (Å²) < 4.78 is 11.3. The number of hydrogen-bond donors (Lipinski definition) is 10. The predicted octanol–water partition coefficient (Wildman–Crippen LogP) is -4.54. The minimum absolute atomic E-state index is 0.00904. The fourth-order valence-electron chi connectivity index (χ4n) is 5.59. The molecule has 2 unspecified atom stereocenters. The number of nitrogens with two attached hydrogens (primary N) is 4. The molecule has 14 nitrogen and oxygen atoms in total. The largest absolute Gasteiger partial charge is 0.389 e. The second-order valence-corrected chi connectivity index (χ2v) is 11.9. The molecule has 0 aromatic carbocycles. The lowest BCUT2D eigenvalue weighted by Gasteiger charge is -2.40. The molecular formula is C26H56N6O8. The maximum absolute atomic E-state index is 10.3. The van der Waals surface area contributed by atoms with Crippen molar-refractivity contribution in [2.45, 2.75) is 112 Å². The molecule has 238 valence electrons. The first-order valence-corrected chi connectivity index (χ1v) is 14.5. The molecule has 0 amide bonds. The fourth-order valence-corrected chi connectivity index (χ4v) is 5.59. The molecule has 0 saturated heterocycles. The van der Waals surface area contributed by atoms with E-state index >= 15 is 0 Å². The summed E-state index contributed by atoms with van der Waals surface area (Å²) in [7, 11) is 3.86. The average Bonchev–Trinajstić information content (AvgIpc) is 2.87. The highest BCUT2D eigenvalue weighted by Gasteiger charge is 2.42. The van der Waals surface area contributed by atoms with E-state index in [-0.39, 0.29) is 13.2 Å². The Morgan fingerprint density at radius 1 is 0.600 bits per heavy atom. The van der Waals surface area contributed by atoms with Gasteiger partial charge in [0.15, 0.2) is 0 Å². The smallest absolute Gasteiger partial charge is 0.109 e. The summed E-state index contributed by atoms with van der Waals surface area (Å²) in [5.41, 5.74) is 23.5. The van der Waals surface area contributed by atoms with E-state index in [0.717, 1.165) is 38.8 Å². The van der Waals surface area contributed by atoms with Crippen LogP contribution in [0.3, 0.4) is 0 Å². The molecule has 12 atom stereocenters. The van der Waals surface area contributed by atoms with Gasteiger partial charge in [0.05, 0.1) is 37.6 Å². The van der Waals surface area contributed by atoms with Crippen LogP contribution >= 0.6 is 0 Å². The maximum atomic E-state index is 10.3. The molecule has 2 saturated carbocycles. The molecule has 0 heterocycles. The number of nitrogens with zero attached hydrogens (tertiary/aromatic N) is 2. The van der Waals surface area contributed by atoms with Crippen molar-refractivity contribution in [1.29, 1.82) is 0 Å². The van der Waals surface area contributed by atoms with Gasteiger partial charge >= 0.3 is 0 Å². The van der Waals surface area contributed by atoms with Crippen molar-refractivity contribution in [1.82, 2.24) is 9.80 Å². The highest BCUT2D eigenvalue weighted by molar-refractivity contribution is 4.98. The lowest BCUT2D eigenvalue weighted by Crippen LogP contribution is -2.62. The van der Waals surface area contributed by atoms with Crippen molar-refractivity contribution < 1.29 is 40.1 Å². The zero-order chi connectivity index (χ0) is 30.0. The van der Waals surface area contributed by atoms with Gasteiger partial charge in [-0.05, 0) is 52.9 Å². The van der Waals surface area contributed by atoms with Crippen LogP contribution in [-0.2, 0) is 9.47 Å². The number of aliphatic hydroxyl groups is 6. The molecule has 40 heavy (non-hydrogen) atoms. The molecule has 0 aromatic heterocycles. The van der Waals surface area contributed by atoms with Gasteiger partial charge in [-0.1, -0.05) is 12.8 Å². The average molecular weight is 581 g/mol. The third kappa shape index (κ3) is 11.3. The summed E-state index contributed by atoms with van der Waals surface area (Å²) in [5, 5.41) is 60.9. The van der Waals surface area contributed by atoms with Crippen molar-refractivity contribution in [3.05, 3.63) is 0 Å². The summed E-state index contributed by atoms with van der Waals surface area (Å²) in [6.45, 7) is 2.48. The molecule has 0 spiro atoms. The van der Waals surface area contributed by atoms with E-state index in [9.17, 15) is 30.6 Å². The van der Waals surface area contributed by atoms with Crippen LogP contribution in [0.2, 0.25) is 0 Å². The van der Waals surface area contributed by atoms with Gasteiger partial charge in [-0.15, -0.1) is 0 Å². The molecule has 14 heteroatoms. The Morgan fingerprint density at radius 2 is 0.950 bits per heavy atom. The highest BCUT2D eigenvalue weighted by atomic mass is 16.5. The van der Waals surface area contributed by atoms with Crippen molar-refractivity contribution >= 4 is 0 Å². The second-order valence-electron chi connectivity index (χ2n) is 11.9. The molecular weight excluding hydrogens is 524 g/mol. The second kappa shape index (κ2) is 17.5. The Bertz CT molecular complexity index is 646. The molecule has 2 rings (SSSR count). The first-order chi connectivity index (χ1) is 18.8. The third-order valence-electron chi connectivity index (χ3n) is 8.02. The summed E-state index contributed by atoms with van der Waals surface area (Å²) in [4.78, 5) is 4.06. The van der Waals surface area contributed by atoms with Gasteiger partial charge in [0, 0.05) is 37.3 Å². The van der Waals surface area contributed by atoms with Gasteiger partial charge < -0.3 is 72.8 Å². The van der Waals surface area contributed by atoms with Crippen LogP contribution in [0.25, 0.3) is 0 Å². The SMILES string of the molecule is CN(CCCCCCN(C)CC(O)CO[C@H]1[C@H](O)[C@@H](O)[C@H](N)C[C@@H]1N)CC(O)CO[C@H]1[C@H](O)[C@@H](O)[C@H](N)C[C@@H]1N. The van der Waals surface area contributed by atoms with Crippen LogP contribution in [0.5, 0.6) is 0 Å². The number of unbranched alkanes of at least 4 members (excludes halogenated alkanes) is 3. The number of rotatable bonds is 17. The Balaban J connectivity index is 1.51. The van der Waals surface area contributed by atoms with Gasteiger partial charge in [0.2, 0.25) is 0 Å². The van der Waals surface area contributed by atoms with Gasteiger partial charge in [0.25, 0.3) is 0 Å². The van der Waals surface area contributed by atoms with E-state index in [2.05, 4.69) is 0 Å². The van der Waals surface area contributed by atoms with Crippen LogP contribution in [0.1, 0.15) is 38.5 Å². The van der Waals surface area contributed by atoms with E-state index < -0.39 is 73.0 Å². The monoisotopic (exact) mass is 580 g/mol. The summed E-state index contributed by atoms with van der Waals surface area (Å²) >= 11 is 0.